The second-order valence-electron chi connectivity index (χ2n) is 7.44. The summed E-state index contributed by atoms with van der Waals surface area (Å²) >= 11 is 6.05. The fourth-order valence-corrected chi connectivity index (χ4v) is 3.00. The van der Waals surface area contributed by atoms with E-state index in [2.05, 4.69) is 0 Å². The van der Waals surface area contributed by atoms with Gasteiger partial charge >= 0.3 is 17.6 Å². The van der Waals surface area contributed by atoms with Crippen LogP contribution in [0.2, 0.25) is 0 Å². The van der Waals surface area contributed by atoms with Crippen molar-refractivity contribution in [1.29, 1.82) is 0 Å². The molecule has 1 saturated heterocycles. The zero-order valence-corrected chi connectivity index (χ0v) is 17.3. The number of halogens is 2. The molecule has 1 aromatic heterocycles. The normalized spacial score (nSPS) is 26.7. The first kappa shape index (κ1) is 23.1. The zero-order chi connectivity index (χ0) is 21.9. The molecule has 4 atom stereocenters. The third-order valence-corrected chi connectivity index (χ3v) is 4.88. The first-order valence-electron chi connectivity index (χ1n) is 9.09. The van der Waals surface area contributed by atoms with Gasteiger partial charge in [0.2, 0.25) is 0 Å². The van der Waals surface area contributed by atoms with E-state index >= 15 is 4.39 Å². The maximum absolute atomic E-state index is 15.4. The highest BCUT2D eigenvalue weighted by molar-refractivity contribution is 6.18. The van der Waals surface area contributed by atoms with Crippen molar-refractivity contribution in [2.24, 2.45) is 11.8 Å². The van der Waals surface area contributed by atoms with Gasteiger partial charge in [0, 0.05) is 12.3 Å². The number of ether oxygens (including phenoxy) is 3. The largest absolute Gasteiger partial charge is 0.462 e. The molecule has 2 heterocycles. The topological polar surface area (TPSA) is 117 Å². The molecule has 9 nitrogen and oxygen atoms in total. The number of carbonyl (C=O) groups excluding carboxylic acids is 2. The lowest BCUT2D eigenvalue weighted by molar-refractivity contribution is -0.177. The van der Waals surface area contributed by atoms with Gasteiger partial charge in [-0.3, -0.25) is 23.9 Å². The minimum atomic E-state index is -2.02. The number of alkyl halides is 2. The van der Waals surface area contributed by atoms with Crippen LogP contribution in [0, 0.1) is 11.8 Å². The van der Waals surface area contributed by atoms with Crippen LogP contribution >= 0.6 is 11.6 Å². The van der Waals surface area contributed by atoms with Crippen molar-refractivity contribution < 1.29 is 28.2 Å². The van der Waals surface area contributed by atoms with Crippen LogP contribution in [0.1, 0.15) is 33.9 Å². The number of aromatic amines is 1. The summed E-state index contributed by atoms with van der Waals surface area (Å²) in [5.41, 5.74) is -3.31. The SMILES string of the molecule is CC(C)C(=O)OCC1(CCl)OC(n2ccc(=O)[nH]c2=O)C(F)C1OC(=O)C(C)C. The van der Waals surface area contributed by atoms with Gasteiger partial charge in [-0.15, -0.1) is 11.6 Å². The van der Waals surface area contributed by atoms with Gasteiger partial charge in [0.05, 0.1) is 17.7 Å². The monoisotopic (exact) mass is 434 g/mol. The molecule has 1 aromatic rings. The molecule has 0 saturated carbocycles. The summed E-state index contributed by atoms with van der Waals surface area (Å²) in [6.07, 6.45) is -4.05. The van der Waals surface area contributed by atoms with E-state index in [1.807, 2.05) is 4.98 Å². The Balaban J connectivity index is 2.43. The lowest BCUT2D eigenvalue weighted by Gasteiger charge is -2.32. The molecule has 0 spiro atoms. The fraction of sp³-hybridized carbons (Fsp3) is 0.667. The predicted molar refractivity (Wildman–Crippen MR) is 100 cm³/mol. The standard InChI is InChI=1S/C18H24ClFN2O7/c1-9(2)15(24)27-8-18(7-19)13(28-16(25)10(3)4)12(20)14(29-18)22-6-5-11(23)21-17(22)26/h5-6,9-10,12-14H,7-8H2,1-4H3,(H,21,23,26). The number of rotatable bonds is 7. The molecule has 2 rings (SSSR count). The van der Waals surface area contributed by atoms with E-state index in [9.17, 15) is 19.2 Å². The van der Waals surface area contributed by atoms with E-state index in [1.54, 1.807) is 27.7 Å². The van der Waals surface area contributed by atoms with Gasteiger partial charge in [-0.1, -0.05) is 27.7 Å². The van der Waals surface area contributed by atoms with Crippen molar-refractivity contribution in [3.63, 3.8) is 0 Å². The maximum atomic E-state index is 15.4. The summed E-state index contributed by atoms with van der Waals surface area (Å²) in [7, 11) is 0. The van der Waals surface area contributed by atoms with Gasteiger partial charge in [0.1, 0.15) is 6.61 Å². The van der Waals surface area contributed by atoms with Crippen LogP contribution in [0.3, 0.4) is 0 Å². The van der Waals surface area contributed by atoms with Crippen molar-refractivity contribution in [2.75, 3.05) is 12.5 Å². The van der Waals surface area contributed by atoms with Crippen molar-refractivity contribution in [2.45, 2.75) is 51.8 Å². The Morgan fingerprint density at radius 1 is 1.28 bits per heavy atom. The summed E-state index contributed by atoms with van der Waals surface area (Å²) in [5.74, 6) is -2.70. The number of esters is 2. The van der Waals surface area contributed by atoms with Gasteiger partial charge in [-0.05, 0) is 0 Å². The molecule has 0 bridgehead atoms. The molecule has 29 heavy (non-hydrogen) atoms. The van der Waals surface area contributed by atoms with Gasteiger partial charge in [-0.2, -0.15) is 0 Å². The van der Waals surface area contributed by atoms with Crippen LogP contribution in [0.15, 0.2) is 21.9 Å². The number of carbonyl (C=O) groups is 2. The molecule has 0 amide bonds. The minimum absolute atomic E-state index is 0.385. The fourth-order valence-electron chi connectivity index (χ4n) is 2.71. The molecule has 1 aliphatic heterocycles. The van der Waals surface area contributed by atoms with Crippen molar-refractivity contribution in [1.82, 2.24) is 9.55 Å². The lowest BCUT2D eigenvalue weighted by atomic mass is 9.98. The third-order valence-electron chi connectivity index (χ3n) is 4.43. The Kier molecular flexibility index (Phi) is 7.23. The molecule has 0 aromatic carbocycles. The molecule has 11 heteroatoms. The highest BCUT2D eigenvalue weighted by Crippen LogP contribution is 2.42. The summed E-state index contributed by atoms with van der Waals surface area (Å²) in [5, 5.41) is 0. The third kappa shape index (κ3) is 4.87. The number of hydrogen-bond donors (Lipinski definition) is 1. The highest BCUT2D eigenvalue weighted by atomic mass is 35.5. The molecule has 4 unspecified atom stereocenters. The summed E-state index contributed by atoms with van der Waals surface area (Å²) < 4.78 is 32.4. The lowest BCUT2D eigenvalue weighted by Crippen LogP contribution is -2.51. The van der Waals surface area contributed by atoms with E-state index in [1.165, 1.54) is 0 Å². The van der Waals surface area contributed by atoms with Gasteiger partial charge < -0.3 is 14.2 Å². The summed E-state index contributed by atoms with van der Waals surface area (Å²) in [4.78, 5) is 49.4. The predicted octanol–water partition coefficient (Wildman–Crippen LogP) is 1.15. The Bertz CT molecular complexity index is 868. The second-order valence-corrected chi connectivity index (χ2v) is 7.71. The Morgan fingerprint density at radius 2 is 1.90 bits per heavy atom. The number of nitrogens with one attached hydrogen (secondary N) is 1. The first-order valence-corrected chi connectivity index (χ1v) is 9.62. The van der Waals surface area contributed by atoms with Gasteiger partial charge in [-0.25, -0.2) is 9.18 Å². The van der Waals surface area contributed by atoms with E-state index in [0.717, 1.165) is 16.8 Å². The average molecular weight is 435 g/mol. The van der Waals surface area contributed by atoms with Crippen molar-refractivity contribution in [3.8, 4) is 0 Å². The smallest absolute Gasteiger partial charge is 0.330 e. The zero-order valence-electron chi connectivity index (χ0n) is 16.5. The van der Waals surface area contributed by atoms with E-state index in [4.69, 9.17) is 25.8 Å². The Labute approximate surface area is 171 Å². The number of H-pyrrole nitrogens is 1. The quantitative estimate of drug-likeness (QED) is 0.505. The van der Waals surface area contributed by atoms with Crippen LogP contribution in [-0.2, 0) is 23.8 Å². The molecule has 162 valence electrons. The summed E-state index contributed by atoms with van der Waals surface area (Å²) in [6, 6.07) is 1.02. The molecule has 1 N–H and O–H groups in total. The highest BCUT2D eigenvalue weighted by Gasteiger charge is 2.59. The molecule has 0 aliphatic carbocycles. The van der Waals surface area contributed by atoms with Crippen LogP contribution in [-0.4, -0.2) is 51.9 Å². The van der Waals surface area contributed by atoms with Crippen LogP contribution < -0.4 is 11.2 Å². The van der Waals surface area contributed by atoms with Crippen LogP contribution in [0.5, 0.6) is 0 Å². The Hall–Kier alpha value is -2.20. The van der Waals surface area contributed by atoms with Crippen molar-refractivity contribution in [3.05, 3.63) is 33.1 Å². The van der Waals surface area contributed by atoms with Gasteiger partial charge in [0.15, 0.2) is 24.1 Å². The van der Waals surface area contributed by atoms with E-state index in [-0.39, 0.29) is 5.88 Å². The maximum Gasteiger partial charge on any atom is 0.330 e. The number of nitrogens with zero attached hydrogens (tertiary/aromatic N) is 1. The molecular weight excluding hydrogens is 411 g/mol. The van der Waals surface area contributed by atoms with Gasteiger partial charge in [0.25, 0.3) is 5.56 Å². The van der Waals surface area contributed by atoms with E-state index < -0.39 is 65.7 Å². The number of aromatic nitrogens is 2. The van der Waals surface area contributed by atoms with E-state index in [0.29, 0.717) is 0 Å². The molecular formula is C18H24ClFN2O7. The molecule has 1 fully saturated rings. The van der Waals surface area contributed by atoms with Crippen LogP contribution in [0.25, 0.3) is 0 Å². The second kappa shape index (κ2) is 9.08. The number of hydrogen-bond acceptors (Lipinski definition) is 7. The van der Waals surface area contributed by atoms with Crippen molar-refractivity contribution >= 4 is 23.5 Å². The molecule has 1 aliphatic rings. The van der Waals surface area contributed by atoms with Crippen LogP contribution in [0.4, 0.5) is 4.39 Å². The average Bonchev–Trinajstić information content (AvgIpc) is 2.92. The summed E-state index contributed by atoms with van der Waals surface area (Å²) in [6.45, 7) is 5.87. The minimum Gasteiger partial charge on any atom is -0.462 e. The molecule has 0 radical (unpaired) electrons. The first-order chi connectivity index (χ1) is 13.5. The Morgan fingerprint density at radius 3 is 2.41 bits per heavy atom.